The summed E-state index contributed by atoms with van der Waals surface area (Å²) in [4.78, 5) is 32.5. The van der Waals surface area contributed by atoms with Gasteiger partial charge < -0.3 is 19.4 Å². The van der Waals surface area contributed by atoms with Gasteiger partial charge in [-0.25, -0.2) is 4.79 Å². The predicted octanol–water partition coefficient (Wildman–Crippen LogP) is 3.70. The first-order chi connectivity index (χ1) is 17.0. The second kappa shape index (κ2) is 10.2. The van der Waals surface area contributed by atoms with E-state index < -0.39 is 0 Å². The van der Waals surface area contributed by atoms with Gasteiger partial charge in [-0.1, -0.05) is 28.8 Å². The van der Waals surface area contributed by atoms with Gasteiger partial charge in [0.25, 0.3) is 5.91 Å². The van der Waals surface area contributed by atoms with Crippen molar-refractivity contribution in [3.63, 3.8) is 0 Å². The van der Waals surface area contributed by atoms with Gasteiger partial charge >= 0.3 is 6.09 Å². The minimum atomic E-state index is -0.176. The third-order valence-electron chi connectivity index (χ3n) is 8.05. The van der Waals surface area contributed by atoms with Crippen LogP contribution in [0.5, 0.6) is 0 Å². The number of ether oxygens (including phenoxy) is 1. The van der Waals surface area contributed by atoms with Crippen molar-refractivity contribution in [1.82, 2.24) is 24.3 Å². The van der Waals surface area contributed by atoms with Crippen LogP contribution < -0.4 is 0 Å². The number of hydrogen-bond acceptors (Lipinski definition) is 7. The van der Waals surface area contributed by atoms with E-state index in [1.54, 1.807) is 0 Å². The van der Waals surface area contributed by atoms with Crippen molar-refractivity contribution in [3.8, 4) is 0 Å². The second-order valence-corrected chi connectivity index (χ2v) is 11.0. The maximum absolute atomic E-state index is 13.4. The fourth-order valence-corrected chi connectivity index (χ4v) is 6.70. The lowest BCUT2D eigenvalue weighted by Gasteiger charge is -2.49. The third kappa shape index (κ3) is 4.93. The summed E-state index contributed by atoms with van der Waals surface area (Å²) in [5.41, 5.74) is 3.41. The summed E-state index contributed by atoms with van der Waals surface area (Å²) in [7, 11) is 0. The molecule has 2 fully saturated rings. The summed E-state index contributed by atoms with van der Waals surface area (Å²) in [6.45, 7) is 10.3. The Morgan fingerprint density at radius 3 is 2.54 bits per heavy atom. The summed E-state index contributed by atoms with van der Waals surface area (Å²) in [6, 6.07) is 8.67. The summed E-state index contributed by atoms with van der Waals surface area (Å²) in [6.07, 6.45) is 4.00. The van der Waals surface area contributed by atoms with Gasteiger partial charge in [0, 0.05) is 38.1 Å². The van der Waals surface area contributed by atoms with Crippen molar-refractivity contribution in [1.29, 1.82) is 0 Å². The normalized spacial score (nSPS) is 20.6. The molecule has 3 aliphatic heterocycles. The zero-order chi connectivity index (χ0) is 24.4. The minimum absolute atomic E-state index is 0.000297. The van der Waals surface area contributed by atoms with E-state index in [1.807, 2.05) is 23.6 Å². The van der Waals surface area contributed by atoms with Gasteiger partial charge in [-0.3, -0.25) is 4.79 Å². The molecule has 4 heterocycles. The van der Waals surface area contributed by atoms with Gasteiger partial charge in [-0.05, 0) is 81.2 Å². The van der Waals surface area contributed by atoms with Crippen LogP contribution in [-0.2, 0) is 16.7 Å². The smallest absolute Gasteiger partial charge is 0.409 e. The van der Waals surface area contributed by atoms with E-state index in [9.17, 15) is 9.59 Å². The van der Waals surface area contributed by atoms with E-state index in [0.717, 1.165) is 70.6 Å². The van der Waals surface area contributed by atoms with Gasteiger partial charge in [-0.2, -0.15) is 0 Å². The molecule has 0 bridgehead atoms. The molecule has 1 aromatic carbocycles. The quantitative estimate of drug-likeness (QED) is 0.641. The largest absolute Gasteiger partial charge is 0.450 e. The van der Waals surface area contributed by atoms with Crippen LogP contribution in [-0.4, -0.2) is 82.2 Å². The minimum Gasteiger partial charge on any atom is -0.450 e. The topological polar surface area (TPSA) is 78.9 Å². The molecular formula is C26H35N5O3S. The van der Waals surface area contributed by atoms with Crippen molar-refractivity contribution in [3.05, 3.63) is 46.0 Å². The van der Waals surface area contributed by atoms with E-state index in [0.29, 0.717) is 23.9 Å². The number of carbonyl (C=O) groups excluding carboxylic acids is 2. The highest BCUT2D eigenvalue weighted by molar-refractivity contribution is 7.07. The average molecular weight is 498 g/mol. The van der Waals surface area contributed by atoms with Gasteiger partial charge in [0.1, 0.15) is 4.88 Å². The first kappa shape index (κ1) is 24.2. The van der Waals surface area contributed by atoms with Gasteiger partial charge in [0.2, 0.25) is 0 Å². The maximum Gasteiger partial charge on any atom is 0.409 e. The second-order valence-electron chi connectivity index (χ2n) is 10.2. The Labute approximate surface area is 211 Å². The van der Waals surface area contributed by atoms with E-state index in [-0.39, 0.29) is 17.4 Å². The Kier molecular flexibility index (Phi) is 7.07. The molecule has 188 valence electrons. The number of benzene rings is 1. The molecule has 1 spiro atoms. The van der Waals surface area contributed by atoms with Crippen LogP contribution in [0.1, 0.15) is 59.1 Å². The number of aryl methyl sites for hydroxylation is 1. The Balaban J connectivity index is 1.23. The molecule has 0 saturated carbocycles. The zero-order valence-corrected chi connectivity index (χ0v) is 21.6. The molecule has 0 atom stereocenters. The molecule has 9 heteroatoms. The molecule has 0 aliphatic carbocycles. The Morgan fingerprint density at radius 2 is 1.86 bits per heavy atom. The standard InChI is InChI=1S/C26H35N5O3S/c1-3-34-25(33)30-12-8-20(9-13-30)16-29-14-10-26(11-15-29)18-31(17-21-6-4-5-7-22(21)26)24(32)23-19(2)27-28-35-23/h4-7,20H,3,8-18H2,1-2H3. The molecule has 0 unspecified atom stereocenters. The van der Waals surface area contributed by atoms with Crippen molar-refractivity contribution in [2.45, 2.75) is 51.5 Å². The lowest BCUT2D eigenvalue weighted by molar-refractivity contribution is 0.0537. The molecule has 0 radical (unpaired) electrons. The summed E-state index contributed by atoms with van der Waals surface area (Å²) in [5, 5.41) is 4.06. The van der Waals surface area contributed by atoms with Crippen LogP contribution in [0.4, 0.5) is 4.79 Å². The van der Waals surface area contributed by atoms with E-state index >= 15 is 0 Å². The summed E-state index contributed by atoms with van der Waals surface area (Å²) < 4.78 is 9.14. The zero-order valence-electron chi connectivity index (χ0n) is 20.7. The predicted molar refractivity (Wildman–Crippen MR) is 134 cm³/mol. The number of rotatable bonds is 4. The van der Waals surface area contributed by atoms with Crippen molar-refractivity contribution < 1.29 is 14.3 Å². The number of amides is 2. The lowest BCUT2D eigenvalue weighted by atomic mass is 9.68. The Hall–Kier alpha value is -2.52. The number of piperidine rings is 2. The van der Waals surface area contributed by atoms with Crippen LogP contribution >= 0.6 is 11.5 Å². The van der Waals surface area contributed by atoms with Crippen LogP contribution in [0, 0.1) is 12.8 Å². The summed E-state index contributed by atoms with van der Waals surface area (Å²) >= 11 is 1.20. The first-order valence-corrected chi connectivity index (χ1v) is 13.6. The Bertz CT molecular complexity index is 1060. The van der Waals surface area contributed by atoms with Crippen LogP contribution in [0.3, 0.4) is 0 Å². The van der Waals surface area contributed by atoms with E-state index in [2.05, 4.69) is 38.8 Å². The van der Waals surface area contributed by atoms with Gasteiger partial charge in [0.05, 0.1) is 12.3 Å². The number of nitrogens with zero attached hydrogens (tertiary/aromatic N) is 5. The van der Waals surface area contributed by atoms with Crippen molar-refractivity contribution in [2.24, 2.45) is 5.92 Å². The van der Waals surface area contributed by atoms with Crippen LogP contribution in [0.2, 0.25) is 0 Å². The molecule has 8 nitrogen and oxygen atoms in total. The number of fused-ring (bicyclic) bond motifs is 2. The van der Waals surface area contributed by atoms with Gasteiger partial charge in [0.15, 0.2) is 0 Å². The maximum atomic E-state index is 13.4. The third-order valence-corrected chi connectivity index (χ3v) is 8.86. The van der Waals surface area contributed by atoms with Crippen molar-refractivity contribution >= 4 is 23.5 Å². The van der Waals surface area contributed by atoms with Crippen LogP contribution in [0.25, 0.3) is 0 Å². The molecule has 2 amide bonds. The molecule has 5 rings (SSSR count). The van der Waals surface area contributed by atoms with Gasteiger partial charge in [-0.15, -0.1) is 5.10 Å². The number of hydrogen-bond donors (Lipinski definition) is 0. The fraction of sp³-hybridized carbons (Fsp3) is 0.615. The Morgan fingerprint density at radius 1 is 1.11 bits per heavy atom. The first-order valence-electron chi connectivity index (χ1n) is 12.8. The molecule has 2 aromatic rings. The number of carbonyl (C=O) groups is 2. The molecule has 3 aliphatic rings. The highest BCUT2D eigenvalue weighted by Crippen LogP contribution is 2.42. The average Bonchev–Trinajstić information content (AvgIpc) is 3.31. The SMILES string of the molecule is CCOC(=O)N1CCC(CN2CCC3(CC2)CN(C(=O)c2snnc2C)Cc2ccccc23)CC1. The van der Waals surface area contributed by atoms with Crippen molar-refractivity contribution in [2.75, 3.05) is 45.9 Å². The number of aromatic nitrogens is 2. The van der Waals surface area contributed by atoms with Crippen LogP contribution in [0.15, 0.2) is 24.3 Å². The fourth-order valence-electron chi connectivity index (χ4n) is 6.07. The summed E-state index contributed by atoms with van der Waals surface area (Å²) in [5.74, 6) is 0.676. The molecule has 0 N–H and O–H groups in total. The molecular weight excluding hydrogens is 462 g/mol. The van der Waals surface area contributed by atoms with E-state index in [4.69, 9.17) is 4.74 Å². The highest BCUT2D eigenvalue weighted by atomic mass is 32.1. The molecule has 35 heavy (non-hydrogen) atoms. The molecule has 1 aromatic heterocycles. The highest BCUT2D eigenvalue weighted by Gasteiger charge is 2.43. The lowest BCUT2D eigenvalue weighted by Crippen LogP contribution is -2.54. The number of likely N-dealkylation sites (tertiary alicyclic amines) is 2. The monoisotopic (exact) mass is 497 g/mol. The van der Waals surface area contributed by atoms with E-state index in [1.165, 1.54) is 22.7 Å². The molecule has 2 saturated heterocycles.